The van der Waals surface area contributed by atoms with Crippen LogP contribution in [0.1, 0.15) is 12.5 Å². The zero-order chi connectivity index (χ0) is 12.7. The van der Waals surface area contributed by atoms with E-state index in [1.807, 2.05) is 19.2 Å². The van der Waals surface area contributed by atoms with Crippen LogP contribution in [-0.4, -0.2) is 27.3 Å². The second-order valence-electron chi connectivity index (χ2n) is 3.91. The Balaban J connectivity index is 2.67. The second-order valence-corrected chi connectivity index (χ2v) is 3.91. The Labute approximate surface area is 103 Å². The third-order valence-corrected chi connectivity index (χ3v) is 2.49. The number of methoxy groups -OCH3 is 1. The number of benzene rings is 1. The van der Waals surface area contributed by atoms with Crippen molar-refractivity contribution < 1.29 is 9.47 Å². The molecular weight excluding hydrogens is 214 g/mol. The van der Waals surface area contributed by atoms with Crippen molar-refractivity contribution in [3.63, 3.8) is 0 Å². The van der Waals surface area contributed by atoms with Gasteiger partial charge in [0.05, 0.1) is 7.11 Å². The van der Waals surface area contributed by atoms with Crippen molar-refractivity contribution in [3.05, 3.63) is 35.9 Å². The molecule has 0 saturated carbocycles. The van der Waals surface area contributed by atoms with Gasteiger partial charge in [0.1, 0.15) is 6.61 Å². The lowest BCUT2D eigenvalue weighted by atomic mass is 10.1. The molecule has 0 aliphatic rings. The third kappa shape index (κ3) is 4.11. The average molecular weight is 235 g/mol. The monoisotopic (exact) mass is 235 g/mol. The first kappa shape index (κ1) is 13.6. The smallest absolute Gasteiger partial charge is 0.161 e. The molecule has 0 atom stereocenters. The molecule has 1 N–H and O–H groups in total. The first-order valence-electron chi connectivity index (χ1n) is 5.82. The number of ether oxygens (including phenoxy) is 2. The molecule has 1 rings (SSSR count). The molecule has 0 spiro atoms. The predicted octanol–water partition coefficient (Wildman–Crippen LogP) is 2.41. The molecule has 0 heterocycles. The van der Waals surface area contributed by atoms with Crippen LogP contribution in [0.3, 0.4) is 0 Å². The van der Waals surface area contributed by atoms with Gasteiger partial charge in [-0.2, -0.15) is 0 Å². The lowest BCUT2D eigenvalue weighted by Crippen LogP contribution is -2.14. The standard InChI is InChI=1S/C14H21NO2/c1-5-12-6-7-13(14(8-12)16-4)17-10-11(2)9-15-3/h6-8,15H,2,5,9-10H2,1,3-4H3. The molecule has 0 bridgehead atoms. The molecule has 0 amide bonds. The Kier molecular flexibility index (Phi) is 5.57. The summed E-state index contributed by atoms with van der Waals surface area (Å²) in [5.74, 6) is 1.54. The normalized spacial score (nSPS) is 10.1. The van der Waals surface area contributed by atoms with Crippen molar-refractivity contribution >= 4 is 0 Å². The summed E-state index contributed by atoms with van der Waals surface area (Å²) in [5, 5.41) is 3.04. The van der Waals surface area contributed by atoms with Crippen LogP contribution in [0.5, 0.6) is 11.5 Å². The van der Waals surface area contributed by atoms with Crippen molar-refractivity contribution in [1.29, 1.82) is 0 Å². The molecule has 3 heteroatoms. The van der Waals surface area contributed by atoms with Gasteiger partial charge in [-0.25, -0.2) is 0 Å². The zero-order valence-electron chi connectivity index (χ0n) is 10.9. The zero-order valence-corrected chi connectivity index (χ0v) is 10.9. The number of hydrogen-bond donors (Lipinski definition) is 1. The highest BCUT2D eigenvalue weighted by Crippen LogP contribution is 2.28. The quantitative estimate of drug-likeness (QED) is 0.736. The Bertz CT molecular complexity index is 374. The molecule has 17 heavy (non-hydrogen) atoms. The van der Waals surface area contributed by atoms with E-state index in [-0.39, 0.29) is 0 Å². The first-order valence-corrected chi connectivity index (χ1v) is 5.82. The number of likely N-dealkylation sites (N-methyl/N-ethyl adjacent to an activating group) is 1. The van der Waals surface area contributed by atoms with Gasteiger partial charge < -0.3 is 14.8 Å². The van der Waals surface area contributed by atoms with Gasteiger partial charge in [-0.15, -0.1) is 0 Å². The third-order valence-electron chi connectivity index (χ3n) is 2.49. The molecule has 0 aliphatic carbocycles. The van der Waals surface area contributed by atoms with Gasteiger partial charge in [0.15, 0.2) is 11.5 Å². The van der Waals surface area contributed by atoms with Crippen LogP contribution < -0.4 is 14.8 Å². The van der Waals surface area contributed by atoms with Gasteiger partial charge in [0.2, 0.25) is 0 Å². The van der Waals surface area contributed by atoms with Crippen LogP contribution >= 0.6 is 0 Å². The summed E-state index contributed by atoms with van der Waals surface area (Å²) in [6.07, 6.45) is 0.989. The summed E-state index contributed by atoms with van der Waals surface area (Å²) >= 11 is 0. The van der Waals surface area contributed by atoms with Crippen LogP contribution in [0.25, 0.3) is 0 Å². The summed E-state index contributed by atoms with van der Waals surface area (Å²) in [5.41, 5.74) is 2.25. The highest BCUT2D eigenvalue weighted by molar-refractivity contribution is 5.43. The number of nitrogens with one attached hydrogen (secondary N) is 1. The molecule has 0 unspecified atom stereocenters. The van der Waals surface area contributed by atoms with Crippen LogP contribution in [0.15, 0.2) is 30.4 Å². The number of hydrogen-bond acceptors (Lipinski definition) is 3. The molecular formula is C14H21NO2. The first-order chi connectivity index (χ1) is 8.21. The van der Waals surface area contributed by atoms with Crippen molar-refractivity contribution in [1.82, 2.24) is 5.32 Å². The van der Waals surface area contributed by atoms with Crippen LogP contribution in [0.4, 0.5) is 0 Å². The molecule has 1 aromatic rings. The minimum absolute atomic E-state index is 0.503. The van der Waals surface area contributed by atoms with E-state index in [0.717, 1.165) is 30.0 Å². The van der Waals surface area contributed by atoms with Gasteiger partial charge >= 0.3 is 0 Å². The van der Waals surface area contributed by atoms with Gasteiger partial charge in [0, 0.05) is 6.54 Å². The molecule has 0 aliphatic heterocycles. The fraction of sp³-hybridized carbons (Fsp3) is 0.429. The highest BCUT2D eigenvalue weighted by atomic mass is 16.5. The topological polar surface area (TPSA) is 30.5 Å². The van der Waals surface area contributed by atoms with Crippen molar-refractivity contribution in [3.8, 4) is 11.5 Å². The largest absolute Gasteiger partial charge is 0.493 e. The van der Waals surface area contributed by atoms with Crippen LogP contribution in [0.2, 0.25) is 0 Å². The van der Waals surface area contributed by atoms with Gasteiger partial charge in [0.25, 0.3) is 0 Å². The Hall–Kier alpha value is -1.48. The van der Waals surface area contributed by atoms with E-state index in [0.29, 0.717) is 6.61 Å². The molecule has 3 nitrogen and oxygen atoms in total. The van der Waals surface area contributed by atoms with E-state index in [2.05, 4.69) is 24.9 Å². The Morgan fingerprint density at radius 1 is 1.35 bits per heavy atom. The van der Waals surface area contributed by atoms with Crippen LogP contribution in [-0.2, 0) is 6.42 Å². The van der Waals surface area contributed by atoms with Gasteiger partial charge in [-0.1, -0.05) is 19.6 Å². The van der Waals surface area contributed by atoms with E-state index < -0.39 is 0 Å². The van der Waals surface area contributed by atoms with E-state index in [4.69, 9.17) is 9.47 Å². The molecule has 0 radical (unpaired) electrons. The molecule has 0 aromatic heterocycles. The maximum absolute atomic E-state index is 5.68. The fourth-order valence-corrected chi connectivity index (χ4v) is 1.53. The maximum Gasteiger partial charge on any atom is 0.161 e. The highest BCUT2D eigenvalue weighted by Gasteiger charge is 2.05. The van der Waals surface area contributed by atoms with E-state index in [9.17, 15) is 0 Å². The van der Waals surface area contributed by atoms with Crippen LogP contribution in [0, 0.1) is 0 Å². The summed E-state index contributed by atoms with van der Waals surface area (Å²) < 4.78 is 11.0. The van der Waals surface area contributed by atoms with E-state index in [1.54, 1.807) is 7.11 Å². The molecule has 0 saturated heterocycles. The summed E-state index contributed by atoms with van der Waals surface area (Å²) in [6, 6.07) is 6.01. The molecule has 94 valence electrons. The predicted molar refractivity (Wildman–Crippen MR) is 70.9 cm³/mol. The van der Waals surface area contributed by atoms with E-state index in [1.165, 1.54) is 5.56 Å². The van der Waals surface area contributed by atoms with Crippen molar-refractivity contribution in [2.45, 2.75) is 13.3 Å². The fourth-order valence-electron chi connectivity index (χ4n) is 1.53. The minimum atomic E-state index is 0.503. The number of aryl methyl sites for hydroxylation is 1. The molecule has 1 aromatic carbocycles. The lowest BCUT2D eigenvalue weighted by molar-refractivity contribution is 0.317. The Morgan fingerprint density at radius 2 is 2.12 bits per heavy atom. The number of rotatable bonds is 7. The second kappa shape index (κ2) is 6.97. The Morgan fingerprint density at radius 3 is 2.71 bits per heavy atom. The van der Waals surface area contributed by atoms with Gasteiger partial charge in [-0.3, -0.25) is 0 Å². The summed E-state index contributed by atoms with van der Waals surface area (Å²) in [4.78, 5) is 0. The van der Waals surface area contributed by atoms with E-state index >= 15 is 0 Å². The van der Waals surface area contributed by atoms with Crippen molar-refractivity contribution in [2.75, 3.05) is 27.3 Å². The van der Waals surface area contributed by atoms with Gasteiger partial charge in [-0.05, 0) is 36.7 Å². The summed E-state index contributed by atoms with van der Waals surface area (Å²) in [6.45, 7) is 7.30. The van der Waals surface area contributed by atoms with Crippen molar-refractivity contribution in [2.24, 2.45) is 0 Å². The maximum atomic E-state index is 5.68. The SMILES string of the molecule is C=C(CNC)COc1ccc(CC)cc1OC. The lowest BCUT2D eigenvalue weighted by Gasteiger charge is -2.12. The molecule has 0 fully saturated rings. The summed E-state index contributed by atoms with van der Waals surface area (Å²) in [7, 11) is 3.55. The minimum Gasteiger partial charge on any atom is -0.493 e. The average Bonchev–Trinajstić information content (AvgIpc) is 2.36.